The molecule has 0 saturated heterocycles. The number of carboxylic acids is 1. The van der Waals surface area contributed by atoms with Gasteiger partial charge in [-0.2, -0.15) is 5.06 Å². The first-order valence-corrected chi connectivity index (χ1v) is 8.12. The van der Waals surface area contributed by atoms with E-state index in [2.05, 4.69) is 0 Å². The van der Waals surface area contributed by atoms with Crippen molar-refractivity contribution in [1.82, 2.24) is 5.06 Å². The summed E-state index contributed by atoms with van der Waals surface area (Å²) in [6.45, 7) is 0.0940. The predicted molar refractivity (Wildman–Crippen MR) is 96.2 cm³/mol. The molecule has 0 aromatic heterocycles. The molecule has 26 heavy (non-hydrogen) atoms. The lowest BCUT2D eigenvalue weighted by Gasteiger charge is -2.17. The zero-order valence-corrected chi connectivity index (χ0v) is 14.5. The van der Waals surface area contributed by atoms with Crippen LogP contribution in [0, 0.1) is 0 Å². The Bertz CT molecular complexity index is 758. The van der Waals surface area contributed by atoms with Gasteiger partial charge in [0, 0.05) is 0 Å². The van der Waals surface area contributed by atoms with E-state index in [0.717, 1.165) is 21.9 Å². The fraction of sp³-hybridized carbons (Fsp3) is 0.200. The Morgan fingerprint density at radius 1 is 1.12 bits per heavy atom. The molecule has 0 saturated carbocycles. The topological polar surface area (TPSA) is 76.1 Å². The van der Waals surface area contributed by atoms with Crippen LogP contribution in [0.5, 0.6) is 5.75 Å². The zero-order chi connectivity index (χ0) is 18.8. The molecule has 136 valence electrons. The van der Waals surface area contributed by atoms with E-state index < -0.39 is 5.97 Å². The van der Waals surface area contributed by atoms with Crippen molar-refractivity contribution in [1.29, 1.82) is 0 Å². The molecule has 1 N–H and O–H groups in total. The van der Waals surface area contributed by atoms with Crippen molar-refractivity contribution in [3.8, 4) is 5.75 Å². The highest BCUT2D eigenvalue weighted by molar-refractivity contribution is 5.88. The SMILES string of the molecule is COc1ccccc1CC/C=C(\C(=O)O)N(C=O)OCc1ccccc1. The minimum atomic E-state index is -1.23. The number of hydroxylamine groups is 2. The second kappa shape index (κ2) is 10.0. The van der Waals surface area contributed by atoms with Crippen LogP contribution in [0.2, 0.25) is 0 Å². The van der Waals surface area contributed by atoms with Crippen LogP contribution in [0.3, 0.4) is 0 Å². The van der Waals surface area contributed by atoms with Crippen LogP contribution in [0.25, 0.3) is 0 Å². The van der Waals surface area contributed by atoms with E-state index in [4.69, 9.17) is 9.57 Å². The third kappa shape index (κ3) is 5.46. The summed E-state index contributed by atoms with van der Waals surface area (Å²) in [7, 11) is 1.59. The Morgan fingerprint density at radius 2 is 1.81 bits per heavy atom. The molecule has 0 radical (unpaired) electrons. The lowest BCUT2D eigenvalue weighted by atomic mass is 10.1. The molecule has 2 aromatic carbocycles. The smallest absolute Gasteiger partial charge is 0.354 e. The van der Waals surface area contributed by atoms with Gasteiger partial charge in [-0.1, -0.05) is 54.6 Å². The Kier molecular flexibility index (Phi) is 7.39. The minimum absolute atomic E-state index is 0.0940. The van der Waals surface area contributed by atoms with Crippen LogP contribution in [-0.2, 0) is 27.5 Å². The highest BCUT2D eigenvalue weighted by Gasteiger charge is 2.17. The van der Waals surface area contributed by atoms with Crippen molar-refractivity contribution in [3.63, 3.8) is 0 Å². The van der Waals surface area contributed by atoms with Crippen LogP contribution in [0.4, 0.5) is 0 Å². The van der Waals surface area contributed by atoms with Gasteiger partial charge < -0.3 is 9.84 Å². The van der Waals surface area contributed by atoms with Gasteiger partial charge in [0.05, 0.1) is 7.11 Å². The largest absolute Gasteiger partial charge is 0.496 e. The number of benzene rings is 2. The van der Waals surface area contributed by atoms with Gasteiger partial charge in [-0.05, 0) is 30.0 Å². The van der Waals surface area contributed by atoms with E-state index in [1.807, 2.05) is 54.6 Å². The first-order valence-electron chi connectivity index (χ1n) is 8.12. The molecule has 0 aliphatic heterocycles. The molecule has 0 spiro atoms. The molecule has 0 heterocycles. The summed E-state index contributed by atoms with van der Waals surface area (Å²) >= 11 is 0. The van der Waals surface area contributed by atoms with Gasteiger partial charge in [-0.15, -0.1) is 0 Å². The molecule has 0 bridgehead atoms. The molecule has 6 heteroatoms. The molecule has 0 aliphatic carbocycles. The number of hydrogen-bond acceptors (Lipinski definition) is 4. The van der Waals surface area contributed by atoms with Gasteiger partial charge in [-0.3, -0.25) is 9.63 Å². The highest BCUT2D eigenvalue weighted by Crippen LogP contribution is 2.19. The summed E-state index contributed by atoms with van der Waals surface area (Å²) in [6.07, 6.45) is 2.81. The van der Waals surface area contributed by atoms with Crippen LogP contribution in [-0.4, -0.2) is 29.7 Å². The Hall–Kier alpha value is -3.12. The summed E-state index contributed by atoms with van der Waals surface area (Å²) in [5, 5.41) is 10.1. The van der Waals surface area contributed by atoms with Crippen LogP contribution < -0.4 is 4.74 Å². The summed E-state index contributed by atoms with van der Waals surface area (Å²) in [5.74, 6) is -0.490. The molecule has 0 unspecified atom stereocenters. The van der Waals surface area contributed by atoms with Crippen molar-refractivity contribution < 1.29 is 24.3 Å². The van der Waals surface area contributed by atoms with Crippen molar-refractivity contribution in [2.75, 3.05) is 7.11 Å². The predicted octanol–water partition coefficient (Wildman–Crippen LogP) is 3.19. The van der Waals surface area contributed by atoms with E-state index in [1.54, 1.807) is 7.11 Å². The van der Waals surface area contributed by atoms with E-state index in [0.29, 0.717) is 19.3 Å². The monoisotopic (exact) mass is 355 g/mol. The first kappa shape index (κ1) is 19.2. The second-order valence-corrected chi connectivity index (χ2v) is 5.44. The van der Waals surface area contributed by atoms with Crippen LogP contribution in [0.15, 0.2) is 66.4 Å². The van der Waals surface area contributed by atoms with Crippen molar-refractivity contribution >= 4 is 12.4 Å². The fourth-order valence-corrected chi connectivity index (χ4v) is 2.42. The molecular formula is C20H21NO5. The number of carbonyl (C=O) groups is 2. The van der Waals surface area contributed by atoms with Gasteiger partial charge in [0.2, 0.25) is 6.41 Å². The van der Waals surface area contributed by atoms with Gasteiger partial charge in [0.25, 0.3) is 0 Å². The maximum Gasteiger partial charge on any atom is 0.354 e. The Balaban J connectivity index is 2.03. The van der Waals surface area contributed by atoms with Gasteiger partial charge in [0.15, 0.2) is 5.70 Å². The lowest BCUT2D eigenvalue weighted by Crippen LogP contribution is -2.26. The van der Waals surface area contributed by atoms with E-state index >= 15 is 0 Å². The highest BCUT2D eigenvalue weighted by atomic mass is 16.7. The molecule has 0 atom stereocenters. The molecule has 2 aromatic rings. The Morgan fingerprint density at radius 3 is 2.46 bits per heavy atom. The number of aliphatic carboxylic acids is 1. The third-order valence-electron chi connectivity index (χ3n) is 3.71. The lowest BCUT2D eigenvalue weighted by molar-refractivity contribution is -0.171. The summed E-state index contributed by atoms with van der Waals surface area (Å²) < 4.78 is 5.28. The van der Waals surface area contributed by atoms with E-state index in [1.165, 1.54) is 6.08 Å². The number of hydrogen-bond donors (Lipinski definition) is 1. The number of aryl methyl sites for hydroxylation is 1. The van der Waals surface area contributed by atoms with Crippen LogP contribution in [0.1, 0.15) is 17.5 Å². The molecular weight excluding hydrogens is 334 g/mol. The number of carboxylic acid groups (broad SMARTS) is 1. The number of methoxy groups -OCH3 is 1. The number of carbonyl (C=O) groups excluding carboxylic acids is 1. The minimum Gasteiger partial charge on any atom is -0.496 e. The summed E-state index contributed by atoms with van der Waals surface area (Å²) in [6, 6.07) is 16.7. The Labute approximate surface area is 152 Å². The van der Waals surface area contributed by atoms with E-state index in [9.17, 15) is 14.7 Å². The number of rotatable bonds is 10. The van der Waals surface area contributed by atoms with Crippen molar-refractivity contribution in [2.45, 2.75) is 19.4 Å². The summed E-state index contributed by atoms with van der Waals surface area (Å²) in [4.78, 5) is 28.1. The average Bonchev–Trinajstić information content (AvgIpc) is 2.67. The molecule has 0 aliphatic rings. The number of para-hydroxylation sites is 1. The van der Waals surface area contributed by atoms with Gasteiger partial charge in [0.1, 0.15) is 12.4 Å². The molecule has 2 rings (SSSR count). The van der Waals surface area contributed by atoms with Gasteiger partial charge >= 0.3 is 5.97 Å². The van der Waals surface area contributed by atoms with E-state index in [-0.39, 0.29) is 12.3 Å². The average molecular weight is 355 g/mol. The second-order valence-electron chi connectivity index (χ2n) is 5.44. The summed E-state index contributed by atoms with van der Waals surface area (Å²) in [5.41, 5.74) is 1.57. The van der Waals surface area contributed by atoms with Crippen molar-refractivity contribution in [2.24, 2.45) is 0 Å². The number of ether oxygens (including phenoxy) is 1. The molecule has 1 amide bonds. The number of allylic oxidation sites excluding steroid dienone is 1. The zero-order valence-electron chi connectivity index (χ0n) is 14.5. The third-order valence-corrected chi connectivity index (χ3v) is 3.71. The number of nitrogens with zero attached hydrogens (tertiary/aromatic N) is 1. The molecule has 6 nitrogen and oxygen atoms in total. The standard InChI is InChI=1S/C20H21NO5/c1-25-19-13-6-5-10-17(19)11-7-12-18(20(23)24)21(15-22)26-14-16-8-3-2-4-9-16/h2-6,8-10,12-13,15H,7,11,14H2,1H3,(H,23,24)/b18-12+. The maximum atomic E-state index is 11.5. The fourth-order valence-electron chi connectivity index (χ4n) is 2.42. The van der Waals surface area contributed by atoms with Crippen molar-refractivity contribution in [3.05, 3.63) is 77.5 Å². The normalized spacial score (nSPS) is 11.0. The van der Waals surface area contributed by atoms with Crippen LogP contribution >= 0.6 is 0 Å². The number of amides is 1. The quantitative estimate of drug-likeness (QED) is 0.402. The first-order chi connectivity index (χ1) is 12.7. The van der Waals surface area contributed by atoms with Gasteiger partial charge in [-0.25, -0.2) is 4.79 Å². The molecule has 0 fully saturated rings. The maximum absolute atomic E-state index is 11.5.